The van der Waals surface area contributed by atoms with Crippen LogP contribution in [-0.2, 0) is 5.75 Å². The zero-order valence-electron chi connectivity index (χ0n) is 18.3. The predicted octanol–water partition coefficient (Wildman–Crippen LogP) is 5.24. The van der Waals surface area contributed by atoms with Gasteiger partial charge in [0.05, 0.1) is 22.6 Å². The van der Waals surface area contributed by atoms with Gasteiger partial charge in [0, 0.05) is 30.1 Å². The Hall–Kier alpha value is -3.57. The molecule has 2 aromatic heterocycles. The lowest BCUT2D eigenvalue weighted by Gasteiger charge is -2.20. The molecule has 0 saturated carbocycles. The lowest BCUT2D eigenvalue weighted by Crippen LogP contribution is -2.21. The maximum Gasteiger partial charge on any atom is 0.277 e. The summed E-state index contributed by atoms with van der Waals surface area (Å²) >= 11 is 1.40. The topological polar surface area (TPSA) is 83.8 Å². The van der Waals surface area contributed by atoms with Crippen molar-refractivity contribution >= 4 is 17.4 Å². The third-order valence-corrected chi connectivity index (χ3v) is 6.08. The summed E-state index contributed by atoms with van der Waals surface area (Å²) in [6.07, 6.45) is 0. The van der Waals surface area contributed by atoms with Crippen LogP contribution in [0.25, 0.3) is 17.1 Å². The number of para-hydroxylation sites is 1. The second-order valence-electron chi connectivity index (χ2n) is 7.15. The van der Waals surface area contributed by atoms with Crippen molar-refractivity contribution in [2.75, 3.05) is 18.0 Å². The van der Waals surface area contributed by atoms with Gasteiger partial charge in [0.2, 0.25) is 5.89 Å². The maximum atomic E-state index is 9.64. The highest BCUT2D eigenvalue weighted by atomic mass is 32.2. The van der Waals surface area contributed by atoms with Crippen molar-refractivity contribution in [2.45, 2.75) is 31.7 Å². The molecule has 0 aliphatic carbocycles. The molecule has 0 bridgehead atoms. The first-order valence-corrected chi connectivity index (χ1v) is 11.5. The van der Waals surface area contributed by atoms with Gasteiger partial charge in [-0.3, -0.25) is 0 Å². The smallest absolute Gasteiger partial charge is 0.277 e. The number of nitriles is 1. The molecule has 7 nitrogen and oxygen atoms in total. The molecule has 0 aliphatic rings. The highest BCUT2D eigenvalue weighted by Gasteiger charge is 2.18. The van der Waals surface area contributed by atoms with E-state index in [2.05, 4.69) is 52.2 Å². The van der Waals surface area contributed by atoms with Crippen LogP contribution in [0.3, 0.4) is 0 Å². The Bertz CT molecular complexity index is 1220. The standard InChI is InChI=1S/C24H24N6OS/c1-4-29(5-2)19-13-11-18(12-14-19)23-26-27-24(31-23)32-16-22-21(15-25)17(3)28-30(22)20-9-7-6-8-10-20/h6-14H,4-5,16H2,1-3H3. The summed E-state index contributed by atoms with van der Waals surface area (Å²) in [4.78, 5) is 2.28. The number of rotatable bonds is 8. The third kappa shape index (κ3) is 4.39. The Balaban J connectivity index is 1.53. The summed E-state index contributed by atoms with van der Waals surface area (Å²) in [5.41, 5.74) is 5.04. The zero-order chi connectivity index (χ0) is 22.5. The Kier molecular flexibility index (Phi) is 6.57. The van der Waals surface area contributed by atoms with Gasteiger partial charge in [-0.05, 0) is 57.2 Å². The normalized spacial score (nSPS) is 10.8. The molecule has 2 heterocycles. The van der Waals surface area contributed by atoms with E-state index in [1.807, 2.05) is 54.1 Å². The molecule has 0 radical (unpaired) electrons. The van der Waals surface area contributed by atoms with Crippen LogP contribution in [0.2, 0.25) is 0 Å². The number of thioether (sulfide) groups is 1. The minimum absolute atomic E-state index is 0.454. The molecule has 2 aromatic carbocycles. The molecule has 0 N–H and O–H groups in total. The number of benzene rings is 2. The monoisotopic (exact) mass is 444 g/mol. The van der Waals surface area contributed by atoms with Gasteiger partial charge in [-0.2, -0.15) is 10.4 Å². The average molecular weight is 445 g/mol. The summed E-state index contributed by atoms with van der Waals surface area (Å²) < 4.78 is 7.69. The number of aromatic nitrogens is 4. The number of hydrogen-bond donors (Lipinski definition) is 0. The van der Waals surface area contributed by atoms with E-state index in [0.29, 0.717) is 28.1 Å². The lowest BCUT2D eigenvalue weighted by atomic mass is 10.2. The molecule has 0 aliphatic heterocycles. The van der Waals surface area contributed by atoms with E-state index in [4.69, 9.17) is 4.42 Å². The van der Waals surface area contributed by atoms with Crippen molar-refractivity contribution in [3.8, 4) is 23.2 Å². The van der Waals surface area contributed by atoms with Crippen LogP contribution in [0.15, 0.2) is 64.2 Å². The third-order valence-electron chi connectivity index (χ3n) is 5.25. The summed E-state index contributed by atoms with van der Waals surface area (Å²) in [6, 6.07) is 20.2. The van der Waals surface area contributed by atoms with E-state index in [9.17, 15) is 5.26 Å². The minimum Gasteiger partial charge on any atom is -0.411 e. The van der Waals surface area contributed by atoms with Crippen LogP contribution in [0.4, 0.5) is 5.69 Å². The number of nitrogens with zero attached hydrogens (tertiary/aromatic N) is 6. The fourth-order valence-corrected chi connectivity index (χ4v) is 4.32. The lowest BCUT2D eigenvalue weighted by molar-refractivity contribution is 0.465. The fourth-order valence-electron chi connectivity index (χ4n) is 3.56. The Labute approximate surface area is 191 Å². The number of anilines is 1. The summed E-state index contributed by atoms with van der Waals surface area (Å²) in [7, 11) is 0. The molecule has 4 aromatic rings. The fraction of sp³-hybridized carbons (Fsp3) is 0.250. The van der Waals surface area contributed by atoms with E-state index in [1.54, 1.807) is 0 Å². The van der Waals surface area contributed by atoms with Gasteiger partial charge in [0.25, 0.3) is 5.22 Å². The predicted molar refractivity (Wildman–Crippen MR) is 126 cm³/mol. The van der Waals surface area contributed by atoms with Gasteiger partial charge < -0.3 is 9.32 Å². The van der Waals surface area contributed by atoms with Crippen molar-refractivity contribution < 1.29 is 4.42 Å². The van der Waals surface area contributed by atoms with E-state index >= 15 is 0 Å². The quantitative estimate of drug-likeness (QED) is 0.344. The number of hydrogen-bond acceptors (Lipinski definition) is 7. The summed E-state index contributed by atoms with van der Waals surface area (Å²) in [6.45, 7) is 8.05. The summed E-state index contributed by atoms with van der Waals surface area (Å²) in [5, 5.41) is 23.0. The molecule has 32 heavy (non-hydrogen) atoms. The van der Waals surface area contributed by atoms with Crippen molar-refractivity contribution in [3.05, 3.63) is 71.5 Å². The van der Waals surface area contributed by atoms with E-state index in [1.165, 1.54) is 17.4 Å². The van der Waals surface area contributed by atoms with Crippen molar-refractivity contribution in [1.82, 2.24) is 20.0 Å². The maximum absolute atomic E-state index is 9.64. The Morgan fingerprint density at radius 2 is 1.75 bits per heavy atom. The second-order valence-corrected chi connectivity index (χ2v) is 8.07. The highest BCUT2D eigenvalue weighted by Crippen LogP contribution is 2.29. The molecular formula is C24H24N6OS. The van der Waals surface area contributed by atoms with Crippen molar-refractivity contribution in [2.24, 2.45) is 0 Å². The molecule has 0 amide bonds. The first-order chi connectivity index (χ1) is 15.6. The van der Waals surface area contributed by atoms with Crippen LogP contribution >= 0.6 is 11.8 Å². The molecule has 0 atom stereocenters. The van der Waals surface area contributed by atoms with Gasteiger partial charge >= 0.3 is 0 Å². The van der Waals surface area contributed by atoms with Crippen LogP contribution in [0.5, 0.6) is 0 Å². The molecule has 8 heteroatoms. The summed E-state index contributed by atoms with van der Waals surface area (Å²) in [5.74, 6) is 0.966. The number of aryl methyl sites for hydroxylation is 1. The van der Waals surface area contributed by atoms with Gasteiger partial charge in [-0.25, -0.2) is 4.68 Å². The van der Waals surface area contributed by atoms with Gasteiger partial charge in [-0.1, -0.05) is 30.0 Å². The molecule has 0 fully saturated rings. The molecular weight excluding hydrogens is 420 g/mol. The highest BCUT2D eigenvalue weighted by molar-refractivity contribution is 7.98. The Morgan fingerprint density at radius 1 is 1.03 bits per heavy atom. The Morgan fingerprint density at radius 3 is 2.41 bits per heavy atom. The van der Waals surface area contributed by atoms with Gasteiger partial charge in [-0.15, -0.1) is 10.2 Å². The SMILES string of the molecule is CCN(CC)c1ccc(-c2nnc(SCc3c(C#N)c(C)nn3-c3ccccc3)o2)cc1. The van der Waals surface area contributed by atoms with Gasteiger partial charge in [0.1, 0.15) is 6.07 Å². The molecule has 162 valence electrons. The molecule has 0 spiro atoms. The van der Waals surface area contributed by atoms with E-state index in [-0.39, 0.29) is 0 Å². The van der Waals surface area contributed by atoms with Crippen molar-refractivity contribution in [3.63, 3.8) is 0 Å². The zero-order valence-corrected chi connectivity index (χ0v) is 19.1. The van der Waals surface area contributed by atoms with Crippen LogP contribution in [0.1, 0.15) is 30.8 Å². The minimum atomic E-state index is 0.454. The second kappa shape index (κ2) is 9.71. The van der Waals surface area contributed by atoms with Crippen LogP contribution in [0, 0.1) is 18.3 Å². The first-order valence-electron chi connectivity index (χ1n) is 10.5. The largest absolute Gasteiger partial charge is 0.411 e. The van der Waals surface area contributed by atoms with Gasteiger partial charge in [0.15, 0.2) is 0 Å². The molecule has 0 saturated heterocycles. The first kappa shape index (κ1) is 21.7. The van der Waals surface area contributed by atoms with Crippen LogP contribution in [-0.4, -0.2) is 33.1 Å². The van der Waals surface area contributed by atoms with E-state index < -0.39 is 0 Å². The molecule has 0 unspecified atom stereocenters. The average Bonchev–Trinajstić information content (AvgIpc) is 3.43. The van der Waals surface area contributed by atoms with Crippen LogP contribution < -0.4 is 4.90 Å². The van der Waals surface area contributed by atoms with E-state index in [0.717, 1.165) is 30.0 Å². The molecule has 4 rings (SSSR count). The van der Waals surface area contributed by atoms with Crippen molar-refractivity contribution in [1.29, 1.82) is 5.26 Å².